The Bertz CT molecular complexity index is 1220. The van der Waals surface area contributed by atoms with E-state index in [0.717, 1.165) is 17.7 Å². The molecular weight excluding hydrogens is 538 g/mol. The summed E-state index contributed by atoms with van der Waals surface area (Å²) in [4.78, 5) is 40.5. The minimum Gasteiger partial charge on any atom is -0.473 e. The molecule has 36 heavy (non-hydrogen) atoms. The number of rotatable bonds is 8. The highest BCUT2D eigenvalue weighted by atomic mass is 79.9. The molecule has 1 aliphatic heterocycles. The van der Waals surface area contributed by atoms with Crippen molar-refractivity contribution in [2.45, 2.75) is 33.0 Å². The summed E-state index contributed by atoms with van der Waals surface area (Å²) in [6, 6.07) is 8.14. The Hall–Kier alpha value is -3.47. The predicted octanol–water partition coefficient (Wildman–Crippen LogP) is 3.54. The van der Waals surface area contributed by atoms with Crippen LogP contribution in [0.15, 0.2) is 46.8 Å². The summed E-state index contributed by atoms with van der Waals surface area (Å²) >= 11 is 3.25. The molecule has 0 spiro atoms. The Balaban J connectivity index is 1.75. The summed E-state index contributed by atoms with van der Waals surface area (Å²) in [5.41, 5.74) is 1.74. The maximum absolute atomic E-state index is 13.9. The smallest absolute Gasteiger partial charge is 0.272 e. The third kappa shape index (κ3) is 6.20. The van der Waals surface area contributed by atoms with Gasteiger partial charge in [-0.05, 0) is 59.6 Å². The van der Waals surface area contributed by atoms with Crippen molar-refractivity contribution < 1.29 is 27.9 Å². The number of hydrogen-bond donors (Lipinski definition) is 2. The second-order valence-electron chi connectivity index (χ2n) is 8.46. The van der Waals surface area contributed by atoms with Crippen LogP contribution in [0.3, 0.4) is 0 Å². The van der Waals surface area contributed by atoms with Crippen molar-refractivity contribution in [3.05, 3.63) is 75.1 Å². The second-order valence-corrected chi connectivity index (χ2v) is 9.25. The first-order valence-electron chi connectivity index (χ1n) is 11.1. The lowest BCUT2D eigenvalue weighted by molar-refractivity contribution is -0.128. The van der Waals surface area contributed by atoms with Crippen molar-refractivity contribution in [1.82, 2.24) is 15.5 Å². The van der Waals surface area contributed by atoms with Gasteiger partial charge in [0.05, 0.1) is 0 Å². The molecule has 1 atom stereocenters. The number of aryl methyl sites for hydroxylation is 1. The number of amides is 3. The zero-order chi connectivity index (χ0) is 26.6. The molecule has 0 fully saturated rings. The molecule has 1 unspecified atom stereocenters. The van der Waals surface area contributed by atoms with Crippen LogP contribution in [0.5, 0.6) is 0 Å². The summed E-state index contributed by atoms with van der Waals surface area (Å²) in [5, 5.41) is 5.77. The van der Waals surface area contributed by atoms with Crippen LogP contribution in [0.4, 0.5) is 14.5 Å². The molecule has 2 N–H and O–H groups in total. The molecule has 0 saturated carbocycles. The molecule has 0 bridgehead atoms. The van der Waals surface area contributed by atoms with Gasteiger partial charge in [0, 0.05) is 49.9 Å². The summed E-state index contributed by atoms with van der Waals surface area (Å²) in [5.74, 6) is -2.22. The van der Waals surface area contributed by atoms with Gasteiger partial charge >= 0.3 is 0 Å². The van der Waals surface area contributed by atoms with Crippen LogP contribution < -0.4 is 15.5 Å². The molecule has 8 nitrogen and oxygen atoms in total. The number of benzene rings is 2. The first kappa shape index (κ1) is 27.1. The minimum absolute atomic E-state index is 0.0829. The average molecular weight is 565 g/mol. The molecule has 2 aromatic rings. The molecular formula is C25H27BrF2N4O4. The average Bonchev–Trinajstić information content (AvgIpc) is 2.82. The molecule has 1 heterocycles. The van der Waals surface area contributed by atoms with Gasteiger partial charge in [-0.3, -0.25) is 19.3 Å². The second kappa shape index (κ2) is 11.5. The lowest BCUT2D eigenvalue weighted by Gasteiger charge is -2.36. The van der Waals surface area contributed by atoms with Gasteiger partial charge in [0.2, 0.25) is 11.8 Å². The maximum atomic E-state index is 13.9. The molecule has 11 heteroatoms. The van der Waals surface area contributed by atoms with Crippen LogP contribution in [-0.4, -0.2) is 49.4 Å². The monoisotopic (exact) mass is 564 g/mol. The fourth-order valence-corrected chi connectivity index (χ4v) is 3.95. The highest BCUT2D eigenvalue weighted by Crippen LogP contribution is 2.31. The van der Waals surface area contributed by atoms with Crippen LogP contribution in [-0.2, 0) is 20.9 Å². The number of hydrogen-bond acceptors (Lipinski definition) is 5. The van der Waals surface area contributed by atoms with Gasteiger partial charge < -0.3 is 20.3 Å². The largest absolute Gasteiger partial charge is 0.473 e. The Morgan fingerprint density at radius 1 is 1.19 bits per heavy atom. The van der Waals surface area contributed by atoms with Crippen LogP contribution in [0.2, 0.25) is 0 Å². The standard InChI is InChI=1S/C25H27BrF2N4O4/c1-14-5-6-16(23(34)29-10-9-21(33)31(3)4)11-20(14)32-15(2)30-24(22(26)25(32)35)36-13-17-7-8-18(27)12-19(17)28/h5-8,11-12,15,30H,9-10,13H2,1-4H3,(H,29,34). The highest BCUT2D eigenvalue weighted by molar-refractivity contribution is 9.12. The van der Waals surface area contributed by atoms with Gasteiger partial charge in [0.25, 0.3) is 11.8 Å². The number of nitrogens with zero attached hydrogens (tertiary/aromatic N) is 2. The first-order chi connectivity index (χ1) is 17.0. The van der Waals surface area contributed by atoms with E-state index in [4.69, 9.17) is 4.74 Å². The number of anilines is 1. The number of halogens is 3. The third-order valence-electron chi connectivity index (χ3n) is 5.57. The van der Waals surface area contributed by atoms with E-state index in [-0.39, 0.29) is 47.3 Å². The Labute approximate surface area is 216 Å². The predicted molar refractivity (Wildman–Crippen MR) is 134 cm³/mol. The summed E-state index contributed by atoms with van der Waals surface area (Å²) in [6.45, 7) is 3.52. The highest BCUT2D eigenvalue weighted by Gasteiger charge is 2.34. The molecule has 1 aliphatic rings. The number of nitrogens with one attached hydrogen (secondary N) is 2. The minimum atomic E-state index is -0.750. The van der Waals surface area contributed by atoms with Crippen LogP contribution in [0.25, 0.3) is 0 Å². The third-order valence-corrected chi connectivity index (χ3v) is 6.27. The zero-order valence-electron chi connectivity index (χ0n) is 20.3. The van der Waals surface area contributed by atoms with E-state index >= 15 is 0 Å². The summed E-state index contributed by atoms with van der Waals surface area (Å²) in [6.07, 6.45) is -0.396. The van der Waals surface area contributed by atoms with Gasteiger partial charge in [-0.2, -0.15) is 0 Å². The summed E-state index contributed by atoms with van der Waals surface area (Å²) < 4.78 is 32.8. The molecule has 0 aliphatic carbocycles. The molecule has 3 amide bonds. The fourth-order valence-electron chi connectivity index (χ4n) is 3.53. The molecule has 192 valence electrons. The SMILES string of the molecule is Cc1ccc(C(=O)NCCC(=O)N(C)C)cc1N1C(=O)C(Br)=C(OCc2ccc(F)cc2F)NC1C. The first-order valence-corrected chi connectivity index (χ1v) is 11.9. The zero-order valence-corrected chi connectivity index (χ0v) is 21.9. The van der Waals surface area contributed by atoms with Gasteiger partial charge in [-0.15, -0.1) is 0 Å². The van der Waals surface area contributed by atoms with Gasteiger partial charge in [-0.1, -0.05) is 6.07 Å². The molecule has 3 rings (SSSR count). The number of carbonyl (C=O) groups is 3. The van der Waals surface area contributed by atoms with Crippen LogP contribution in [0.1, 0.15) is 34.8 Å². The fraction of sp³-hybridized carbons (Fsp3) is 0.320. The molecule has 0 saturated heterocycles. The van der Waals surface area contributed by atoms with E-state index in [1.807, 2.05) is 6.92 Å². The lowest BCUT2D eigenvalue weighted by Crippen LogP contribution is -2.52. The van der Waals surface area contributed by atoms with E-state index < -0.39 is 23.7 Å². The van der Waals surface area contributed by atoms with E-state index in [9.17, 15) is 23.2 Å². The van der Waals surface area contributed by atoms with Crippen LogP contribution >= 0.6 is 15.9 Å². The molecule has 0 aromatic heterocycles. The summed E-state index contributed by atoms with van der Waals surface area (Å²) in [7, 11) is 3.29. The Morgan fingerprint density at radius 2 is 1.92 bits per heavy atom. The van der Waals surface area contributed by atoms with Crippen molar-refractivity contribution in [3.63, 3.8) is 0 Å². The van der Waals surface area contributed by atoms with E-state index in [2.05, 4.69) is 26.6 Å². The van der Waals surface area contributed by atoms with E-state index in [0.29, 0.717) is 11.3 Å². The molecule has 2 aromatic carbocycles. The maximum Gasteiger partial charge on any atom is 0.272 e. The normalized spacial score (nSPS) is 15.5. The van der Waals surface area contributed by atoms with Gasteiger partial charge in [0.1, 0.15) is 28.9 Å². The molecule has 0 radical (unpaired) electrons. The van der Waals surface area contributed by atoms with Crippen molar-refractivity contribution in [1.29, 1.82) is 0 Å². The van der Waals surface area contributed by atoms with Crippen molar-refractivity contribution in [2.75, 3.05) is 25.5 Å². The van der Waals surface area contributed by atoms with E-state index in [1.54, 1.807) is 39.2 Å². The number of ether oxygens (including phenoxy) is 1. The quantitative estimate of drug-likeness (QED) is 0.511. The van der Waals surface area contributed by atoms with Crippen molar-refractivity contribution in [3.8, 4) is 0 Å². The van der Waals surface area contributed by atoms with Crippen LogP contribution in [0, 0.1) is 18.6 Å². The lowest BCUT2D eigenvalue weighted by atomic mass is 10.1. The van der Waals surface area contributed by atoms with Crippen molar-refractivity contribution in [2.24, 2.45) is 0 Å². The van der Waals surface area contributed by atoms with Crippen molar-refractivity contribution >= 4 is 39.3 Å². The Morgan fingerprint density at radius 3 is 2.58 bits per heavy atom. The topological polar surface area (TPSA) is 91.0 Å². The van der Waals surface area contributed by atoms with E-state index in [1.165, 1.54) is 15.9 Å². The van der Waals surface area contributed by atoms with Gasteiger partial charge in [0.15, 0.2) is 0 Å². The van der Waals surface area contributed by atoms with Gasteiger partial charge in [-0.25, -0.2) is 8.78 Å². The number of carbonyl (C=O) groups excluding carboxylic acids is 3. The Kier molecular flexibility index (Phi) is 8.67.